The average Bonchev–Trinajstić information content (AvgIpc) is 3.00. The molecule has 0 aliphatic carbocycles. The third kappa shape index (κ3) is 7.16. The van der Waals surface area contributed by atoms with Crippen LogP contribution in [0.5, 0.6) is 0 Å². The number of amides is 2. The molecular weight excluding hydrogens is 577 g/mol. The van der Waals surface area contributed by atoms with E-state index in [2.05, 4.69) is 5.32 Å². The van der Waals surface area contributed by atoms with Crippen LogP contribution in [-0.2, 0) is 32.6 Å². The molecule has 0 saturated heterocycles. The number of hydrogen-bond donors (Lipinski definition) is 1. The van der Waals surface area contributed by atoms with E-state index in [1.54, 1.807) is 18.2 Å². The van der Waals surface area contributed by atoms with Gasteiger partial charge in [-0.3, -0.25) is 13.9 Å². The van der Waals surface area contributed by atoms with Crippen molar-refractivity contribution in [1.82, 2.24) is 10.2 Å². The lowest BCUT2D eigenvalue weighted by atomic mass is 10.0. The van der Waals surface area contributed by atoms with Crippen molar-refractivity contribution in [2.24, 2.45) is 0 Å². The predicted molar refractivity (Wildman–Crippen MR) is 162 cm³/mol. The van der Waals surface area contributed by atoms with Crippen molar-refractivity contribution >= 4 is 39.1 Å². The highest BCUT2D eigenvalue weighted by Crippen LogP contribution is 2.28. The number of sulfonamides is 1. The summed E-state index contributed by atoms with van der Waals surface area (Å²) in [6.07, 6.45) is 0.200. The van der Waals surface area contributed by atoms with Gasteiger partial charge in [-0.2, -0.15) is 0 Å². The molecule has 7 nitrogen and oxygen atoms in total. The predicted octanol–water partition coefficient (Wildman–Crippen LogP) is 5.37. The maximum atomic E-state index is 14.3. The van der Waals surface area contributed by atoms with Gasteiger partial charge in [-0.1, -0.05) is 84.4 Å². The standard InChI is InChI=1S/C32H31ClFN3O4S/c1-23-11-9-10-14-25(23)21-36(30(32(39)35-2)19-24-12-5-3-6-13-24)31(38)22-37(26-17-18-29(34)28(33)20-26)42(40,41)27-15-7-4-8-16-27/h3-18,20,30H,19,21-22H2,1-2H3,(H,35,39)/t30-/m1/s1. The summed E-state index contributed by atoms with van der Waals surface area (Å²) in [5.41, 5.74) is 2.54. The van der Waals surface area contributed by atoms with E-state index in [9.17, 15) is 22.4 Å². The lowest BCUT2D eigenvalue weighted by Crippen LogP contribution is -2.53. The zero-order valence-corrected chi connectivity index (χ0v) is 24.8. The van der Waals surface area contributed by atoms with Gasteiger partial charge in [-0.25, -0.2) is 12.8 Å². The summed E-state index contributed by atoms with van der Waals surface area (Å²) in [6.45, 7) is 1.30. The summed E-state index contributed by atoms with van der Waals surface area (Å²) in [6, 6.07) is 26.9. The first kappa shape index (κ1) is 30.7. The Bertz CT molecular complexity index is 1650. The summed E-state index contributed by atoms with van der Waals surface area (Å²) in [5.74, 6) is -1.75. The molecule has 0 aliphatic heterocycles. The molecular formula is C32H31ClFN3O4S. The van der Waals surface area contributed by atoms with E-state index in [1.807, 2.05) is 61.5 Å². The molecule has 2 amide bonds. The molecule has 0 aromatic heterocycles. The number of anilines is 1. The van der Waals surface area contributed by atoms with Crippen LogP contribution in [0.4, 0.5) is 10.1 Å². The maximum absolute atomic E-state index is 14.3. The zero-order chi connectivity index (χ0) is 30.3. The van der Waals surface area contributed by atoms with Crippen molar-refractivity contribution in [3.63, 3.8) is 0 Å². The van der Waals surface area contributed by atoms with E-state index in [4.69, 9.17) is 11.6 Å². The molecule has 4 aromatic rings. The molecule has 0 saturated carbocycles. The van der Waals surface area contributed by atoms with Gasteiger partial charge in [0.05, 0.1) is 15.6 Å². The average molecular weight is 608 g/mol. The number of halogens is 2. The SMILES string of the molecule is CNC(=O)[C@@H](Cc1ccccc1)N(Cc1ccccc1C)C(=O)CN(c1ccc(F)c(Cl)c1)S(=O)(=O)c1ccccc1. The first-order valence-corrected chi connectivity index (χ1v) is 15.1. The highest BCUT2D eigenvalue weighted by molar-refractivity contribution is 7.92. The van der Waals surface area contributed by atoms with Crippen molar-refractivity contribution in [3.05, 3.63) is 131 Å². The summed E-state index contributed by atoms with van der Waals surface area (Å²) in [4.78, 5) is 28.9. The molecule has 1 N–H and O–H groups in total. The van der Waals surface area contributed by atoms with Crippen molar-refractivity contribution in [2.45, 2.75) is 30.8 Å². The van der Waals surface area contributed by atoms with Gasteiger partial charge in [-0.05, 0) is 53.9 Å². The molecule has 4 rings (SSSR count). The third-order valence-corrected chi connectivity index (χ3v) is 9.00. The topological polar surface area (TPSA) is 86.8 Å². The van der Waals surface area contributed by atoms with Gasteiger partial charge in [0.25, 0.3) is 10.0 Å². The van der Waals surface area contributed by atoms with Gasteiger partial charge >= 0.3 is 0 Å². The minimum atomic E-state index is -4.30. The Morgan fingerprint density at radius 2 is 1.52 bits per heavy atom. The first-order chi connectivity index (χ1) is 20.1. The molecule has 10 heteroatoms. The fraction of sp³-hybridized carbons (Fsp3) is 0.188. The van der Waals surface area contributed by atoms with E-state index < -0.39 is 40.2 Å². The zero-order valence-electron chi connectivity index (χ0n) is 23.2. The maximum Gasteiger partial charge on any atom is 0.264 e. The molecule has 0 heterocycles. The number of hydrogen-bond acceptors (Lipinski definition) is 4. The Morgan fingerprint density at radius 1 is 0.905 bits per heavy atom. The van der Waals surface area contributed by atoms with Gasteiger partial charge < -0.3 is 10.2 Å². The second kappa shape index (κ2) is 13.6. The summed E-state index contributed by atoms with van der Waals surface area (Å²) < 4.78 is 42.7. The summed E-state index contributed by atoms with van der Waals surface area (Å²) in [5, 5.41) is 2.36. The van der Waals surface area contributed by atoms with Crippen LogP contribution in [0.15, 0.2) is 108 Å². The Morgan fingerprint density at radius 3 is 2.14 bits per heavy atom. The van der Waals surface area contributed by atoms with E-state index in [0.717, 1.165) is 33.1 Å². The molecule has 0 unspecified atom stereocenters. The second-order valence-corrected chi connectivity index (χ2v) is 12.0. The van der Waals surface area contributed by atoms with Gasteiger partial charge in [0.2, 0.25) is 11.8 Å². The van der Waals surface area contributed by atoms with E-state index in [1.165, 1.54) is 30.1 Å². The van der Waals surface area contributed by atoms with Crippen molar-refractivity contribution in [3.8, 4) is 0 Å². The molecule has 4 aromatic carbocycles. The molecule has 1 atom stereocenters. The number of carbonyl (C=O) groups is 2. The van der Waals surface area contributed by atoms with Crippen molar-refractivity contribution in [1.29, 1.82) is 0 Å². The third-order valence-electron chi connectivity index (χ3n) is 6.92. The van der Waals surface area contributed by atoms with E-state index in [0.29, 0.717) is 0 Å². The van der Waals surface area contributed by atoms with Crippen molar-refractivity contribution < 1.29 is 22.4 Å². The van der Waals surface area contributed by atoms with Crippen LogP contribution < -0.4 is 9.62 Å². The largest absolute Gasteiger partial charge is 0.357 e. The van der Waals surface area contributed by atoms with Crippen molar-refractivity contribution in [2.75, 3.05) is 17.9 Å². The van der Waals surface area contributed by atoms with Crippen LogP contribution in [0.1, 0.15) is 16.7 Å². The number of rotatable bonds is 11. The highest BCUT2D eigenvalue weighted by Gasteiger charge is 2.34. The fourth-order valence-corrected chi connectivity index (χ4v) is 6.18. The number of nitrogens with zero attached hydrogens (tertiary/aromatic N) is 2. The molecule has 0 radical (unpaired) electrons. The minimum Gasteiger partial charge on any atom is -0.357 e. The number of carbonyl (C=O) groups excluding carboxylic acids is 2. The lowest BCUT2D eigenvalue weighted by molar-refractivity contribution is -0.139. The summed E-state index contributed by atoms with van der Waals surface area (Å²) in [7, 11) is -2.81. The molecule has 0 bridgehead atoms. The Hall–Kier alpha value is -4.21. The smallest absolute Gasteiger partial charge is 0.264 e. The number of aryl methyl sites for hydroxylation is 1. The Balaban J connectivity index is 1.81. The molecule has 0 aliphatic rings. The number of likely N-dealkylation sites (N-methyl/N-ethyl adjacent to an activating group) is 1. The summed E-state index contributed by atoms with van der Waals surface area (Å²) >= 11 is 6.03. The van der Waals surface area contributed by atoms with Gasteiger partial charge in [0, 0.05) is 20.0 Å². The van der Waals surface area contributed by atoms with Crippen LogP contribution in [0.2, 0.25) is 5.02 Å². The molecule has 218 valence electrons. The number of nitrogens with one attached hydrogen (secondary N) is 1. The second-order valence-electron chi connectivity index (χ2n) is 9.69. The van der Waals surface area contributed by atoms with Gasteiger partial charge in [0.1, 0.15) is 18.4 Å². The number of benzene rings is 4. The fourth-order valence-electron chi connectivity index (χ4n) is 4.58. The highest BCUT2D eigenvalue weighted by atomic mass is 35.5. The van der Waals surface area contributed by atoms with Crippen LogP contribution in [-0.4, -0.2) is 44.8 Å². The van der Waals surface area contributed by atoms with Gasteiger partial charge in [0.15, 0.2) is 0 Å². The molecule has 0 spiro atoms. The van der Waals surface area contributed by atoms with Crippen LogP contribution in [0, 0.1) is 12.7 Å². The Labute approximate surface area is 250 Å². The monoisotopic (exact) mass is 607 g/mol. The molecule has 42 heavy (non-hydrogen) atoms. The normalized spacial score (nSPS) is 11.9. The Kier molecular flexibility index (Phi) is 9.98. The van der Waals surface area contributed by atoms with E-state index >= 15 is 0 Å². The molecule has 0 fully saturated rings. The van der Waals surface area contributed by atoms with Gasteiger partial charge in [-0.15, -0.1) is 0 Å². The van der Waals surface area contributed by atoms with Crippen LogP contribution in [0.25, 0.3) is 0 Å². The van der Waals surface area contributed by atoms with Crippen LogP contribution >= 0.6 is 11.6 Å². The quantitative estimate of drug-likeness (QED) is 0.248. The first-order valence-electron chi connectivity index (χ1n) is 13.2. The minimum absolute atomic E-state index is 0.00833. The van der Waals surface area contributed by atoms with E-state index in [-0.39, 0.29) is 28.6 Å². The lowest BCUT2D eigenvalue weighted by Gasteiger charge is -2.34. The van der Waals surface area contributed by atoms with Crippen LogP contribution in [0.3, 0.4) is 0 Å².